The number of benzene rings is 1. The van der Waals surface area contributed by atoms with Crippen molar-refractivity contribution in [3.05, 3.63) is 35.6 Å². The monoisotopic (exact) mass is 302 g/mol. The lowest BCUT2D eigenvalue weighted by atomic mass is 9.96. The third kappa shape index (κ3) is 6.45. The van der Waals surface area contributed by atoms with Gasteiger partial charge >= 0.3 is 0 Å². The first kappa shape index (κ1) is 17.1. The highest BCUT2D eigenvalue weighted by Crippen LogP contribution is 2.21. The minimum atomic E-state index is -3.12. The number of nitrogens with one attached hydrogen (secondary N) is 2. The number of hydrogen-bond donors (Lipinski definition) is 2. The van der Waals surface area contributed by atoms with Crippen LogP contribution in [0.2, 0.25) is 0 Å². The summed E-state index contributed by atoms with van der Waals surface area (Å²) < 4.78 is 37.2. The zero-order valence-electron chi connectivity index (χ0n) is 12.2. The first-order chi connectivity index (χ1) is 9.29. The molecule has 0 saturated carbocycles. The highest BCUT2D eigenvalue weighted by atomic mass is 32.2. The van der Waals surface area contributed by atoms with E-state index in [2.05, 4.69) is 23.9 Å². The average Bonchev–Trinajstić information content (AvgIpc) is 2.33. The molecule has 0 fully saturated rings. The maximum atomic E-state index is 12.9. The Bertz CT molecular complexity index is 500. The van der Waals surface area contributed by atoms with Crippen LogP contribution in [0.3, 0.4) is 0 Å². The lowest BCUT2D eigenvalue weighted by Crippen LogP contribution is -2.30. The molecule has 0 heterocycles. The van der Waals surface area contributed by atoms with E-state index in [-0.39, 0.29) is 11.9 Å². The van der Waals surface area contributed by atoms with Crippen molar-refractivity contribution in [1.29, 1.82) is 0 Å². The van der Waals surface area contributed by atoms with Gasteiger partial charge in [0, 0.05) is 12.6 Å². The van der Waals surface area contributed by atoms with Gasteiger partial charge in [0.15, 0.2) is 0 Å². The summed E-state index contributed by atoms with van der Waals surface area (Å²) in [6, 6.07) is 6.60. The fourth-order valence-corrected chi connectivity index (χ4v) is 2.53. The molecule has 1 atom stereocenters. The van der Waals surface area contributed by atoms with Gasteiger partial charge in [-0.05, 0) is 36.6 Å². The van der Waals surface area contributed by atoms with E-state index in [1.165, 1.54) is 12.1 Å². The fourth-order valence-electron chi connectivity index (χ4n) is 2.01. The first-order valence-electron chi connectivity index (χ1n) is 6.73. The van der Waals surface area contributed by atoms with E-state index in [1.807, 2.05) is 0 Å². The molecule has 1 aromatic rings. The maximum Gasteiger partial charge on any atom is 0.208 e. The maximum absolute atomic E-state index is 12.9. The number of rotatable bonds is 8. The summed E-state index contributed by atoms with van der Waals surface area (Å²) in [6.45, 7) is 5.30. The zero-order valence-corrected chi connectivity index (χ0v) is 13.0. The fraction of sp³-hybridized carbons (Fsp3) is 0.571. The van der Waals surface area contributed by atoms with Crippen LogP contribution in [0.5, 0.6) is 0 Å². The molecule has 6 heteroatoms. The van der Waals surface area contributed by atoms with E-state index in [0.717, 1.165) is 11.8 Å². The topological polar surface area (TPSA) is 58.2 Å². The van der Waals surface area contributed by atoms with E-state index in [9.17, 15) is 12.8 Å². The van der Waals surface area contributed by atoms with Gasteiger partial charge in [0.05, 0.1) is 6.26 Å². The van der Waals surface area contributed by atoms with Crippen molar-refractivity contribution in [2.45, 2.75) is 26.3 Å². The van der Waals surface area contributed by atoms with Gasteiger partial charge in [0.1, 0.15) is 5.82 Å². The lowest BCUT2D eigenvalue weighted by Gasteiger charge is -2.23. The molecule has 4 nitrogen and oxygen atoms in total. The van der Waals surface area contributed by atoms with Gasteiger partial charge < -0.3 is 5.32 Å². The third-order valence-corrected chi connectivity index (χ3v) is 3.71. The SMILES string of the molecule is CC(C)C(NCCCNS(C)(=O)=O)c1ccc(F)cc1. The van der Waals surface area contributed by atoms with E-state index in [1.54, 1.807) is 12.1 Å². The Kier molecular flexibility index (Phi) is 6.58. The summed E-state index contributed by atoms with van der Waals surface area (Å²) in [5, 5.41) is 3.38. The Morgan fingerprint density at radius 1 is 1.15 bits per heavy atom. The van der Waals surface area contributed by atoms with Gasteiger partial charge in [-0.1, -0.05) is 26.0 Å². The second kappa shape index (κ2) is 7.71. The molecular formula is C14H23FN2O2S. The van der Waals surface area contributed by atoms with Crippen LogP contribution in [-0.2, 0) is 10.0 Å². The Labute approximate surface area is 120 Å². The molecule has 0 aliphatic carbocycles. The minimum Gasteiger partial charge on any atom is -0.310 e. The number of sulfonamides is 1. The van der Waals surface area contributed by atoms with Crippen LogP contribution in [-0.4, -0.2) is 27.8 Å². The van der Waals surface area contributed by atoms with Gasteiger partial charge in [0.25, 0.3) is 0 Å². The van der Waals surface area contributed by atoms with Gasteiger partial charge in [-0.25, -0.2) is 17.5 Å². The van der Waals surface area contributed by atoms with Crippen LogP contribution in [0, 0.1) is 11.7 Å². The Morgan fingerprint density at radius 3 is 2.25 bits per heavy atom. The molecule has 0 amide bonds. The normalized spacial score (nSPS) is 13.7. The molecule has 2 N–H and O–H groups in total. The molecule has 0 spiro atoms. The van der Waals surface area contributed by atoms with Crippen molar-refractivity contribution in [3.8, 4) is 0 Å². The lowest BCUT2D eigenvalue weighted by molar-refractivity contribution is 0.409. The van der Waals surface area contributed by atoms with Gasteiger partial charge in [-0.15, -0.1) is 0 Å². The molecule has 20 heavy (non-hydrogen) atoms. The summed E-state index contributed by atoms with van der Waals surface area (Å²) in [4.78, 5) is 0. The summed E-state index contributed by atoms with van der Waals surface area (Å²) >= 11 is 0. The zero-order chi connectivity index (χ0) is 15.2. The van der Waals surface area contributed by atoms with Crippen molar-refractivity contribution in [1.82, 2.24) is 10.0 Å². The van der Waals surface area contributed by atoms with E-state index < -0.39 is 10.0 Å². The largest absolute Gasteiger partial charge is 0.310 e. The summed E-state index contributed by atoms with van der Waals surface area (Å²) in [6.07, 6.45) is 1.85. The first-order valence-corrected chi connectivity index (χ1v) is 8.62. The average molecular weight is 302 g/mol. The highest BCUT2D eigenvalue weighted by molar-refractivity contribution is 7.88. The van der Waals surface area contributed by atoms with E-state index in [0.29, 0.717) is 25.4 Å². The molecule has 0 aliphatic rings. The summed E-state index contributed by atoms with van der Waals surface area (Å²) in [5.74, 6) is 0.122. The Morgan fingerprint density at radius 2 is 1.75 bits per heavy atom. The standard InChI is InChI=1S/C14H23FN2O2S/c1-11(2)14(12-5-7-13(15)8-6-12)16-9-4-10-17-20(3,18)19/h5-8,11,14,16-17H,4,9-10H2,1-3H3. The molecule has 0 saturated heterocycles. The highest BCUT2D eigenvalue weighted by Gasteiger charge is 2.14. The van der Waals surface area contributed by atoms with Crippen LogP contribution in [0.15, 0.2) is 24.3 Å². The molecule has 1 aromatic carbocycles. The van der Waals surface area contributed by atoms with Crippen molar-refractivity contribution < 1.29 is 12.8 Å². The summed E-state index contributed by atoms with van der Waals surface area (Å²) in [7, 11) is -3.12. The van der Waals surface area contributed by atoms with E-state index in [4.69, 9.17) is 0 Å². The number of halogens is 1. The molecule has 0 aliphatic heterocycles. The predicted molar refractivity (Wildman–Crippen MR) is 79.4 cm³/mol. The molecule has 114 valence electrons. The summed E-state index contributed by atoms with van der Waals surface area (Å²) in [5.41, 5.74) is 1.04. The number of hydrogen-bond acceptors (Lipinski definition) is 3. The van der Waals surface area contributed by atoms with Gasteiger partial charge in [-0.2, -0.15) is 0 Å². The second-order valence-corrected chi connectivity index (χ2v) is 7.08. The van der Waals surface area contributed by atoms with Crippen LogP contribution >= 0.6 is 0 Å². The predicted octanol–water partition coefficient (Wildman–Crippen LogP) is 2.05. The second-order valence-electron chi connectivity index (χ2n) is 5.25. The smallest absolute Gasteiger partial charge is 0.208 e. The third-order valence-electron chi connectivity index (χ3n) is 2.98. The van der Waals surface area contributed by atoms with Crippen molar-refractivity contribution in [2.24, 2.45) is 5.92 Å². The molecule has 0 aromatic heterocycles. The molecule has 1 rings (SSSR count). The Balaban J connectivity index is 2.46. The Hall–Kier alpha value is -0.980. The van der Waals surface area contributed by atoms with Crippen LogP contribution < -0.4 is 10.0 Å². The van der Waals surface area contributed by atoms with Gasteiger partial charge in [0.2, 0.25) is 10.0 Å². The minimum absolute atomic E-state index is 0.133. The van der Waals surface area contributed by atoms with Crippen molar-refractivity contribution in [3.63, 3.8) is 0 Å². The molecule has 1 unspecified atom stereocenters. The van der Waals surface area contributed by atoms with E-state index >= 15 is 0 Å². The molecule has 0 bridgehead atoms. The van der Waals surface area contributed by atoms with Crippen LogP contribution in [0.4, 0.5) is 4.39 Å². The van der Waals surface area contributed by atoms with Crippen LogP contribution in [0.25, 0.3) is 0 Å². The van der Waals surface area contributed by atoms with Gasteiger partial charge in [-0.3, -0.25) is 0 Å². The molecular weight excluding hydrogens is 279 g/mol. The quantitative estimate of drug-likeness (QED) is 0.723. The van der Waals surface area contributed by atoms with Crippen LogP contribution in [0.1, 0.15) is 31.9 Å². The van der Waals surface area contributed by atoms with Crippen molar-refractivity contribution >= 4 is 10.0 Å². The molecule has 0 radical (unpaired) electrons. The van der Waals surface area contributed by atoms with Crippen molar-refractivity contribution in [2.75, 3.05) is 19.3 Å².